The van der Waals surface area contributed by atoms with Crippen molar-refractivity contribution >= 4 is 0 Å². The van der Waals surface area contributed by atoms with E-state index in [2.05, 4.69) is 24.1 Å². The summed E-state index contributed by atoms with van der Waals surface area (Å²) < 4.78 is 0. The molecule has 0 N–H and O–H groups in total. The Morgan fingerprint density at radius 3 is 2.42 bits per heavy atom. The zero-order valence-electron chi connectivity index (χ0n) is 8.71. The largest absolute Gasteiger partial charge is 1.00 e. The summed E-state index contributed by atoms with van der Waals surface area (Å²) in [7, 11) is 0. The van der Waals surface area contributed by atoms with Crippen molar-refractivity contribution in [1.29, 1.82) is 0 Å². The summed E-state index contributed by atoms with van der Waals surface area (Å²) in [5.41, 5.74) is 0. The predicted octanol–water partition coefficient (Wildman–Crippen LogP) is -1.13. The summed E-state index contributed by atoms with van der Waals surface area (Å²) in [5.74, 6) is 0. The normalized spacial score (nSPS) is 22.8. The van der Waals surface area contributed by atoms with Crippen LogP contribution in [0, 0.1) is 0 Å². The van der Waals surface area contributed by atoms with Crippen molar-refractivity contribution in [2.24, 2.45) is 0 Å². The van der Waals surface area contributed by atoms with Crippen LogP contribution in [0.2, 0.25) is 0 Å². The SMILES string of the molecule is CCN(CC)C[C@@H]1CCC[N-]1.[Li+]. The standard InChI is InChI=1S/C9H19N2.Li/c1-3-11(4-2)8-9-6-5-7-10-9;/h9H,3-8H2,1-2H3;/q-1;+1/t9-;/m0./s1. The molecule has 0 aromatic rings. The van der Waals surface area contributed by atoms with Gasteiger partial charge in [-0.3, -0.25) is 0 Å². The second kappa shape index (κ2) is 6.97. The first-order valence-corrected chi connectivity index (χ1v) is 4.75. The second-order valence-electron chi connectivity index (χ2n) is 3.19. The molecule has 0 aromatic heterocycles. The molecule has 0 unspecified atom stereocenters. The fourth-order valence-electron chi connectivity index (χ4n) is 1.62. The Balaban J connectivity index is 0.00000121. The van der Waals surface area contributed by atoms with Crippen molar-refractivity contribution in [3.8, 4) is 0 Å². The Morgan fingerprint density at radius 1 is 1.33 bits per heavy atom. The van der Waals surface area contributed by atoms with Crippen LogP contribution < -0.4 is 18.9 Å². The molecule has 0 bridgehead atoms. The van der Waals surface area contributed by atoms with Crippen molar-refractivity contribution < 1.29 is 18.9 Å². The Bertz CT molecular complexity index is 98.7. The number of rotatable bonds is 4. The number of hydrogen-bond acceptors (Lipinski definition) is 1. The third-order valence-corrected chi connectivity index (χ3v) is 2.45. The third kappa shape index (κ3) is 3.96. The van der Waals surface area contributed by atoms with E-state index in [0.717, 1.165) is 6.54 Å². The molecule has 0 aromatic carbocycles. The fraction of sp³-hybridized carbons (Fsp3) is 1.00. The van der Waals surface area contributed by atoms with E-state index in [0.29, 0.717) is 6.04 Å². The van der Waals surface area contributed by atoms with Crippen LogP contribution >= 0.6 is 0 Å². The van der Waals surface area contributed by atoms with Gasteiger partial charge in [-0.25, -0.2) is 0 Å². The van der Waals surface area contributed by atoms with E-state index in [1.54, 1.807) is 0 Å². The van der Waals surface area contributed by atoms with Crippen LogP contribution in [0.3, 0.4) is 0 Å². The van der Waals surface area contributed by atoms with Crippen molar-refractivity contribution in [1.82, 2.24) is 4.90 Å². The number of nitrogens with zero attached hydrogens (tertiary/aromatic N) is 2. The van der Waals surface area contributed by atoms with Crippen LogP contribution in [-0.4, -0.2) is 37.1 Å². The Morgan fingerprint density at radius 2 is 2.00 bits per heavy atom. The van der Waals surface area contributed by atoms with E-state index >= 15 is 0 Å². The zero-order chi connectivity index (χ0) is 8.10. The van der Waals surface area contributed by atoms with Gasteiger partial charge in [0.15, 0.2) is 0 Å². The van der Waals surface area contributed by atoms with E-state index < -0.39 is 0 Å². The molecule has 1 atom stereocenters. The molecule has 1 saturated heterocycles. The van der Waals surface area contributed by atoms with E-state index in [-0.39, 0.29) is 18.9 Å². The summed E-state index contributed by atoms with van der Waals surface area (Å²) in [4.78, 5) is 2.46. The molecule has 1 rings (SSSR count). The van der Waals surface area contributed by atoms with Crippen LogP contribution in [0.25, 0.3) is 5.32 Å². The Labute approximate surface area is 88.3 Å². The first kappa shape index (κ1) is 12.5. The number of likely N-dealkylation sites (N-methyl/N-ethyl adjacent to an activating group) is 1. The van der Waals surface area contributed by atoms with Crippen LogP contribution in [0.4, 0.5) is 0 Å². The quantitative estimate of drug-likeness (QED) is 0.478. The fourth-order valence-corrected chi connectivity index (χ4v) is 1.62. The third-order valence-electron chi connectivity index (χ3n) is 2.45. The maximum absolute atomic E-state index is 4.53. The van der Waals surface area contributed by atoms with Gasteiger partial charge in [0.05, 0.1) is 0 Å². The topological polar surface area (TPSA) is 17.3 Å². The molecular weight excluding hydrogens is 143 g/mol. The monoisotopic (exact) mass is 162 g/mol. The van der Waals surface area contributed by atoms with Gasteiger partial charge in [0.2, 0.25) is 0 Å². The summed E-state index contributed by atoms with van der Waals surface area (Å²) in [6.45, 7) is 9.07. The average Bonchev–Trinajstić information content (AvgIpc) is 2.52. The molecule has 3 heteroatoms. The maximum Gasteiger partial charge on any atom is 1.00 e. The summed E-state index contributed by atoms with van der Waals surface area (Å²) in [6.07, 6.45) is 2.63. The van der Waals surface area contributed by atoms with Crippen LogP contribution in [-0.2, 0) is 0 Å². The van der Waals surface area contributed by atoms with Crippen molar-refractivity contribution in [3.63, 3.8) is 0 Å². The van der Waals surface area contributed by atoms with E-state index in [4.69, 9.17) is 0 Å². The van der Waals surface area contributed by atoms with Crippen LogP contribution in [0.5, 0.6) is 0 Å². The summed E-state index contributed by atoms with van der Waals surface area (Å²) in [6, 6.07) is 0.648. The first-order valence-electron chi connectivity index (χ1n) is 4.75. The van der Waals surface area contributed by atoms with Gasteiger partial charge in [-0.1, -0.05) is 26.7 Å². The van der Waals surface area contributed by atoms with Crippen LogP contribution in [0.15, 0.2) is 0 Å². The molecule has 66 valence electrons. The average molecular weight is 162 g/mol. The van der Waals surface area contributed by atoms with Gasteiger partial charge in [-0.05, 0) is 19.6 Å². The Kier molecular flexibility index (Phi) is 7.27. The second-order valence-corrected chi connectivity index (χ2v) is 3.19. The molecule has 0 spiro atoms. The van der Waals surface area contributed by atoms with Gasteiger partial charge in [-0.2, -0.15) is 0 Å². The van der Waals surface area contributed by atoms with E-state index in [1.807, 2.05) is 0 Å². The van der Waals surface area contributed by atoms with Crippen LogP contribution in [0.1, 0.15) is 26.7 Å². The first-order chi connectivity index (χ1) is 5.36. The van der Waals surface area contributed by atoms with Gasteiger partial charge in [0.25, 0.3) is 0 Å². The molecule has 1 aliphatic rings. The predicted molar refractivity (Wildman–Crippen MR) is 49.0 cm³/mol. The molecule has 12 heavy (non-hydrogen) atoms. The van der Waals surface area contributed by atoms with Crippen molar-refractivity contribution in [2.45, 2.75) is 32.7 Å². The maximum atomic E-state index is 4.53. The molecule has 0 saturated carbocycles. The van der Waals surface area contributed by atoms with Gasteiger partial charge >= 0.3 is 18.9 Å². The van der Waals surface area contributed by atoms with E-state index in [1.165, 1.54) is 32.5 Å². The number of hydrogen-bond donors (Lipinski definition) is 0. The Hall–Kier alpha value is 0.517. The molecule has 2 nitrogen and oxygen atoms in total. The van der Waals surface area contributed by atoms with Gasteiger partial charge in [-0.15, -0.1) is 12.6 Å². The minimum Gasteiger partial charge on any atom is -0.658 e. The van der Waals surface area contributed by atoms with Crippen molar-refractivity contribution in [2.75, 3.05) is 26.2 Å². The van der Waals surface area contributed by atoms with Gasteiger partial charge < -0.3 is 10.2 Å². The molecule has 1 heterocycles. The molecule has 1 fully saturated rings. The van der Waals surface area contributed by atoms with Gasteiger partial charge in [0, 0.05) is 0 Å². The molecular formula is C9H19LiN2. The zero-order valence-corrected chi connectivity index (χ0v) is 8.71. The minimum atomic E-state index is 0. The smallest absolute Gasteiger partial charge is 0.658 e. The van der Waals surface area contributed by atoms with Gasteiger partial charge in [0.1, 0.15) is 0 Å². The molecule has 0 radical (unpaired) electrons. The summed E-state index contributed by atoms with van der Waals surface area (Å²) in [5, 5.41) is 4.53. The summed E-state index contributed by atoms with van der Waals surface area (Å²) >= 11 is 0. The van der Waals surface area contributed by atoms with Crippen molar-refractivity contribution in [3.05, 3.63) is 5.32 Å². The molecule has 0 amide bonds. The molecule has 0 aliphatic carbocycles. The molecule has 1 aliphatic heterocycles. The van der Waals surface area contributed by atoms with E-state index in [9.17, 15) is 0 Å². The minimum absolute atomic E-state index is 0.